The molecule has 0 heterocycles. The monoisotopic (exact) mass is 149 g/mol. The lowest BCUT2D eigenvalue weighted by Gasteiger charge is -2.14. The molecule has 0 unspecified atom stereocenters. The van der Waals surface area contributed by atoms with Crippen molar-refractivity contribution < 1.29 is 0 Å². The number of hydrogen-bond donors (Lipinski definition) is 0. The summed E-state index contributed by atoms with van der Waals surface area (Å²) in [5.74, 6) is 1.31. The first-order valence-corrected chi connectivity index (χ1v) is 4.44. The second-order valence-corrected chi connectivity index (χ2v) is 3.76. The van der Waals surface area contributed by atoms with E-state index in [0.717, 1.165) is 6.42 Å². The van der Waals surface area contributed by atoms with Gasteiger partial charge in [0.15, 0.2) is 0 Å². The Kier molecular flexibility index (Phi) is 2.53. The van der Waals surface area contributed by atoms with Gasteiger partial charge in [0, 0.05) is 0 Å². The van der Waals surface area contributed by atoms with Crippen molar-refractivity contribution in [3.63, 3.8) is 0 Å². The van der Waals surface area contributed by atoms with Gasteiger partial charge in [-0.1, -0.05) is 33.8 Å². The van der Waals surface area contributed by atoms with E-state index >= 15 is 0 Å². The molecular formula is C11H17. The Morgan fingerprint density at radius 3 is 2.18 bits per heavy atom. The predicted molar refractivity (Wildman–Crippen MR) is 49.1 cm³/mol. The van der Waals surface area contributed by atoms with Crippen molar-refractivity contribution in [2.45, 2.75) is 34.1 Å². The predicted octanol–water partition coefficient (Wildman–Crippen LogP) is 3.36. The first-order chi connectivity index (χ1) is 5.13. The van der Waals surface area contributed by atoms with Gasteiger partial charge in [-0.3, -0.25) is 0 Å². The van der Waals surface area contributed by atoms with Gasteiger partial charge in [0.05, 0.1) is 0 Å². The molecule has 0 saturated carbocycles. The normalized spacial score (nSPS) is 17.6. The van der Waals surface area contributed by atoms with Crippen molar-refractivity contribution in [3.8, 4) is 0 Å². The summed E-state index contributed by atoms with van der Waals surface area (Å²) >= 11 is 0. The van der Waals surface area contributed by atoms with Crippen molar-refractivity contribution in [1.82, 2.24) is 0 Å². The van der Waals surface area contributed by atoms with Crippen LogP contribution in [-0.4, -0.2) is 0 Å². The molecule has 0 aliphatic heterocycles. The van der Waals surface area contributed by atoms with Crippen LogP contribution in [0.3, 0.4) is 0 Å². The number of rotatable bonds is 2. The first-order valence-electron chi connectivity index (χ1n) is 4.44. The van der Waals surface area contributed by atoms with E-state index in [9.17, 15) is 0 Å². The largest absolute Gasteiger partial charge is 0.0763 e. The Labute approximate surface area is 70.0 Å². The van der Waals surface area contributed by atoms with Crippen LogP contribution in [0.15, 0.2) is 17.2 Å². The number of hydrogen-bond acceptors (Lipinski definition) is 0. The second kappa shape index (κ2) is 3.25. The maximum absolute atomic E-state index is 3.41. The van der Waals surface area contributed by atoms with Crippen LogP contribution in [0.25, 0.3) is 0 Å². The van der Waals surface area contributed by atoms with E-state index in [-0.39, 0.29) is 0 Å². The van der Waals surface area contributed by atoms with E-state index in [2.05, 4.69) is 39.8 Å². The van der Waals surface area contributed by atoms with Crippen LogP contribution in [0.1, 0.15) is 34.1 Å². The van der Waals surface area contributed by atoms with Crippen molar-refractivity contribution in [2.75, 3.05) is 0 Å². The molecule has 1 aliphatic carbocycles. The average Bonchev–Trinajstić information content (AvgIpc) is 2.32. The smallest absolute Gasteiger partial charge is 0.00855 e. The van der Waals surface area contributed by atoms with E-state index < -0.39 is 0 Å². The van der Waals surface area contributed by atoms with Crippen LogP contribution in [0, 0.1) is 17.9 Å². The van der Waals surface area contributed by atoms with Gasteiger partial charge in [0.1, 0.15) is 0 Å². The minimum Gasteiger partial charge on any atom is -0.0763 e. The molecular weight excluding hydrogens is 132 g/mol. The van der Waals surface area contributed by atoms with Gasteiger partial charge >= 0.3 is 0 Å². The van der Waals surface area contributed by atoms with E-state index in [1.165, 1.54) is 11.1 Å². The molecule has 0 spiro atoms. The molecule has 0 saturated heterocycles. The van der Waals surface area contributed by atoms with Crippen LogP contribution < -0.4 is 0 Å². The Bertz CT molecular complexity index is 170. The lowest BCUT2D eigenvalue weighted by molar-refractivity contribution is 0.705. The summed E-state index contributed by atoms with van der Waals surface area (Å²) in [7, 11) is 0. The summed E-state index contributed by atoms with van der Waals surface area (Å²) in [5, 5.41) is 0. The minimum atomic E-state index is 0.645. The maximum atomic E-state index is 3.41. The number of allylic oxidation sites excluding steroid dienone is 4. The zero-order chi connectivity index (χ0) is 8.43. The zero-order valence-electron chi connectivity index (χ0n) is 7.94. The Balaban J connectivity index is 2.76. The van der Waals surface area contributed by atoms with E-state index in [0.29, 0.717) is 11.8 Å². The van der Waals surface area contributed by atoms with Gasteiger partial charge in [-0.15, -0.1) is 0 Å². The van der Waals surface area contributed by atoms with Crippen LogP contribution in [-0.2, 0) is 0 Å². The van der Waals surface area contributed by atoms with Crippen LogP contribution in [0.2, 0.25) is 0 Å². The minimum absolute atomic E-state index is 0.645. The summed E-state index contributed by atoms with van der Waals surface area (Å²) in [6, 6.07) is 0. The zero-order valence-corrected chi connectivity index (χ0v) is 7.94. The molecule has 61 valence electrons. The van der Waals surface area contributed by atoms with Crippen molar-refractivity contribution in [1.29, 1.82) is 0 Å². The first kappa shape index (κ1) is 8.58. The van der Waals surface area contributed by atoms with Gasteiger partial charge in [-0.25, -0.2) is 0 Å². The molecule has 0 fully saturated rings. The van der Waals surface area contributed by atoms with Gasteiger partial charge < -0.3 is 0 Å². The molecule has 1 rings (SSSR count). The fourth-order valence-corrected chi connectivity index (χ4v) is 1.57. The summed E-state index contributed by atoms with van der Waals surface area (Å²) in [4.78, 5) is 0. The van der Waals surface area contributed by atoms with Crippen molar-refractivity contribution >= 4 is 0 Å². The van der Waals surface area contributed by atoms with Gasteiger partial charge in [0.2, 0.25) is 0 Å². The standard InChI is InChI=1S/C11H17/c1-8(2)10-6-5-7-11(10)9(3)4/h6,8-9H,5H2,1-4H3. The molecule has 0 aromatic carbocycles. The molecule has 0 aromatic rings. The Morgan fingerprint density at radius 1 is 1.18 bits per heavy atom. The lowest BCUT2D eigenvalue weighted by atomic mass is 9.91. The molecule has 0 aromatic heterocycles. The molecule has 0 atom stereocenters. The second-order valence-electron chi connectivity index (χ2n) is 3.76. The van der Waals surface area contributed by atoms with Crippen molar-refractivity contribution in [3.05, 3.63) is 23.3 Å². The highest BCUT2D eigenvalue weighted by Crippen LogP contribution is 2.30. The molecule has 0 heteroatoms. The molecule has 11 heavy (non-hydrogen) atoms. The molecule has 1 aliphatic rings. The maximum Gasteiger partial charge on any atom is -0.00855 e. The lowest BCUT2D eigenvalue weighted by Crippen LogP contribution is -2.01. The van der Waals surface area contributed by atoms with Gasteiger partial charge in [0.25, 0.3) is 0 Å². The highest BCUT2D eigenvalue weighted by atomic mass is 14.2. The summed E-state index contributed by atoms with van der Waals surface area (Å²) in [6.45, 7) is 8.98. The van der Waals surface area contributed by atoms with Crippen LogP contribution >= 0.6 is 0 Å². The van der Waals surface area contributed by atoms with Gasteiger partial charge in [-0.2, -0.15) is 0 Å². The van der Waals surface area contributed by atoms with E-state index in [4.69, 9.17) is 0 Å². The average molecular weight is 149 g/mol. The fourth-order valence-electron chi connectivity index (χ4n) is 1.57. The van der Waals surface area contributed by atoms with Gasteiger partial charge in [-0.05, 0) is 35.5 Å². The van der Waals surface area contributed by atoms with E-state index in [1.807, 2.05) is 0 Å². The molecule has 0 nitrogen and oxygen atoms in total. The molecule has 0 amide bonds. The van der Waals surface area contributed by atoms with E-state index in [1.54, 1.807) is 0 Å². The molecule has 0 bridgehead atoms. The Hall–Kier alpha value is -0.520. The third-order valence-corrected chi connectivity index (χ3v) is 2.12. The van der Waals surface area contributed by atoms with Crippen LogP contribution in [0.5, 0.6) is 0 Å². The topological polar surface area (TPSA) is 0 Å². The Morgan fingerprint density at radius 2 is 1.82 bits per heavy atom. The fraction of sp³-hybridized carbons (Fsp3) is 0.636. The summed E-state index contributed by atoms with van der Waals surface area (Å²) < 4.78 is 0. The SMILES string of the molecule is CC(C)C1=[C]CC=C1C(C)C. The van der Waals surface area contributed by atoms with Crippen LogP contribution in [0.4, 0.5) is 0 Å². The third-order valence-electron chi connectivity index (χ3n) is 2.12. The third kappa shape index (κ3) is 1.74. The highest BCUT2D eigenvalue weighted by molar-refractivity contribution is 5.36. The quantitative estimate of drug-likeness (QED) is 0.564. The van der Waals surface area contributed by atoms with Crippen molar-refractivity contribution in [2.24, 2.45) is 11.8 Å². The highest BCUT2D eigenvalue weighted by Gasteiger charge is 2.15. The summed E-state index contributed by atoms with van der Waals surface area (Å²) in [6.07, 6.45) is 6.75. The summed E-state index contributed by atoms with van der Waals surface area (Å²) in [5.41, 5.74) is 2.96. The molecule has 0 N–H and O–H groups in total. The molecule has 1 radical (unpaired) electrons.